The Balaban J connectivity index is 2.04. The number of aliphatic hydroxyl groups excluding tert-OH is 2. The van der Waals surface area contributed by atoms with Gasteiger partial charge in [-0.1, -0.05) is 11.8 Å². The SMILES string of the molecule is O=C(c1csc(C#CCO)c1)N1CCCC1CCCO. The molecule has 0 radical (unpaired) electrons. The number of amides is 1. The largest absolute Gasteiger partial charge is 0.396 e. The van der Waals surface area contributed by atoms with Gasteiger partial charge in [-0.3, -0.25) is 4.79 Å². The zero-order chi connectivity index (χ0) is 14.4. The Labute approximate surface area is 123 Å². The van der Waals surface area contributed by atoms with E-state index < -0.39 is 0 Å². The summed E-state index contributed by atoms with van der Waals surface area (Å²) in [6.07, 6.45) is 3.66. The molecule has 20 heavy (non-hydrogen) atoms. The standard InChI is InChI=1S/C15H19NO3S/c17-8-2-5-13-4-1-7-16(13)15(19)12-10-14(20-11-12)6-3-9-18/h10-11,13,17-18H,1-2,4-5,7-9H2. The lowest BCUT2D eigenvalue weighted by molar-refractivity contribution is 0.0725. The lowest BCUT2D eigenvalue weighted by atomic mass is 10.1. The predicted molar refractivity (Wildman–Crippen MR) is 78.7 cm³/mol. The number of rotatable bonds is 4. The average Bonchev–Trinajstić information content (AvgIpc) is 3.11. The van der Waals surface area contributed by atoms with Gasteiger partial charge >= 0.3 is 0 Å². The Kier molecular flexibility index (Phi) is 5.60. The van der Waals surface area contributed by atoms with Crippen LogP contribution in [0.3, 0.4) is 0 Å². The Morgan fingerprint density at radius 1 is 1.50 bits per heavy atom. The first-order valence-corrected chi connectivity index (χ1v) is 7.74. The minimum Gasteiger partial charge on any atom is -0.396 e. The molecule has 1 atom stereocenters. The van der Waals surface area contributed by atoms with Gasteiger partial charge in [-0.2, -0.15) is 0 Å². The molecular formula is C15H19NO3S. The summed E-state index contributed by atoms with van der Waals surface area (Å²) in [5.74, 6) is 5.46. The highest BCUT2D eigenvalue weighted by Gasteiger charge is 2.29. The predicted octanol–water partition coefficient (Wildman–Crippen LogP) is 1.47. The van der Waals surface area contributed by atoms with E-state index in [-0.39, 0.29) is 25.2 Å². The number of hydrogen-bond donors (Lipinski definition) is 2. The third kappa shape index (κ3) is 3.60. The molecule has 0 spiro atoms. The molecule has 2 heterocycles. The van der Waals surface area contributed by atoms with Crippen LogP contribution in [0.4, 0.5) is 0 Å². The molecule has 1 fully saturated rings. The second-order valence-corrected chi connectivity index (χ2v) is 5.73. The van der Waals surface area contributed by atoms with Gasteiger partial charge in [-0.05, 0) is 31.7 Å². The fourth-order valence-electron chi connectivity index (χ4n) is 2.54. The van der Waals surface area contributed by atoms with Crippen LogP contribution in [-0.4, -0.2) is 46.8 Å². The monoisotopic (exact) mass is 293 g/mol. The Morgan fingerprint density at radius 3 is 3.10 bits per heavy atom. The highest BCUT2D eigenvalue weighted by molar-refractivity contribution is 7.10. The third-order valence-electron chi connectivity index (χ3n) is 3.47. The molecule has 1 unspecified atom stereocenters. The van der Waals surface area contributed by atoms with Crippen molar-refractivity contribution in [3.8, 4) is 11.8 Å². The molecule has 5 heteroatoms. The topological polar surface area (TPSA) is 60.8 Å². The van der Waals surface area contributed by atoms with Crippen LogP contribution in [0.2, 0.25) is 0 Å². The van der Waals surface area contributed by atoms with Gasteiger partial charge in [0.1, 0.15) is 6.61 Å². The van der Waals surface area contributed by atoms with Crippen molar-refractivity contribution >= 4 is 17.2 Å². The van der Waals surface area contributed by atoms with Gasteiger partial charge < -0.3 is 15.1 Å². The first-order valence-electron chi connectivity index (χ1n) is 6.86. The fraction of sp³-hybridized carbons (Fsp3) is 0.533. The molecule has 108 valence electrons. The number of aliphatic hydroxyl groups is 2. The summed E-state index contributed by atoms with van der Waals surface area (Å²) in [6, 6.07) is 2.04. The van der Waals surface area contributed by atoms with Crippen molar-refractivity contribution in [3.05, 3.63) is 21.9 Å². The van der Waals surface area contributed by atoms with Crippen molar-refractivity contribution < 1.29 is 15.0 Å². The number of carbonyl (C=O) groups excluding carboxylic acids is 1. The van der Waals surface area contributed by atoms with Gasteiger partial charge in [-0.25, -0.2) is 0 Å². The molecule has 1 aliphatic rings. The zero-order valence-corrected chi connectivity index (χ0v) is 12.2. The van der Waals surface area contributed by atoms with Crippen LogP contribution >= 0.6 is 11.3 Å². The van der Waals surface area contributed by atoms with E-state index in [4.69, 9.17) is 10.2 Å². The minimum atomic E-state index is -0.170. The number of nitrogens with zero attached hydrogens (tertiary/aromatic N) is 1. The van der Waals surface area contributed by atoms with E-state index in [0.717, 1.165) is 37.1 Å². The molecule has 2 N–H and O–H groups in total. The number of hydrogen-bond acceptors (Lipinski definition) is 4. The molecule has 1 aliphatic heterocycles. The molecule has 1 aromatic heterocycles. The lowest BCUT2D eigenvalue weighted by Crippen LogP contribution is -2.35. The number of carbonyl (C=O) groups is 1. The molecule has 4 nitrogen and oxygen atoms in total. The highest BCUT2D eigenvalue weighted by Crippen LogP contribution is 2.25. The highest BCUT2D eigenvalue weighted by atomic mass is 32.1. The van der Waals surface area contributed by atoms with Gasteiger partial charge in [0.2, 0.25) is 0 Å². The van der Waals surface area contributed by atoms with Crippen LogP contribution in [0, 0.1) is 11.8 Å². The molecule has 0 saturated carbocycles. The molecule has 2 rings (SSSR count). The van der Waals surface area contributed by atoms with Crippen LogP contribution in [0.25, 0.3) is 0 Å². The average molecular weight is 293 g/mol. The number of thiophene rings is 1. The smallest absolute Gasteiger partial charge is 0.254 e. The van der Waals surface area contributed by atoms with Crippen molar-refractivity contribution in [1.29, 1.82) is 0 Å². The summed E-state index contributed by atoms with van der Waals surface area (Å²) in [7, 11) is 0. The van der Waals surface area contributed by atoms with E-state index in [0.29, 0.717) is 5.56 Å². The first-order chi connectivity index (χ1) is 9.76. The first kappa shape index (κ1) is 15.0. The van der Waals surface area contributed by atoms with Gasteiger partial charge in [0.05, 0.1) is 10.4 Å². The van der Waals surface area contributed by atoms with Gasteiger partial charge in [0, 0.05) is 24.6 Å². The van der Waals surface area contributed by atoms with Crippen molar-refractivity contribution in [1.82, 2.24) is 4.90 Å². The summed E-state index contributed by atoms with van der Waals surface area (Å²) in [4.78, 5) is 15.2. The van der Waals surface area contributed by atoms with E-state index in [2.05, 4.69) is 11.8 Å². The summed E-state index contributed by atoms with van der Waals surface area (Å²) >= 11 is 1.42. The normalized spacial score (nSPS) is 17.9. The summed E-state index contributed by atoms with van der Waals surface area (Å²) in [6.45, 7) is 0.802. The fourth-order valence-corrected chi connectivity index (χ4v) is 3.29. The molecular weight excluding hydrogens is 274 g/mol. The minimum absolute atomic E-state index is 0.0544. The van der Waals surface area contributed by atoms with Crippen molar-refractivity contribution in [2.45, 2.75) is 31.7 Å². The Morgan fingerprint density at radius 2 is 2.35 bits per heavy atom. The third-order valence-corrected chi connectivity index (χ3v) is 4.32. The Hall–Kier alpha value is -1.35. The molecule has 1 aromatic rings. The molecule has 1 amide bonds. The van der Waals surface area contributed by atoms with E-state index in [1.807, 2.05) is 10.3 Å². The molecule has 0 aromatic carbocycles. The van der Waals surface area contributed by atoms with E-state index in [9.17, 15) is 4.79 Å². The second-order valence-electron chi connectivity index (χ2n) is 4.82. The molecule has 0 bridgehead atoms. The summed E-state index contributed by atoms with van der Waals surface area (Å²) < 4.78 is 0. The maximum Gasteiger partial charge on any atom is 0.254 e. The van der Waals surface area contributed by atoms with Crippen LogP contribution in [-0.2, 0) is 0 Å². The maximum absolute atomic E-state index is 12.5. The van der Waals surface area contributed by atoms with Gasteiger partial charge in [0.15, 0.2) is 0 Å². The lowest BCUT2D eigenvalue weighted by Gasteiger charge is -2.24. The zero-order valence-electron chi connectivity index (χ0n) is 11.3. The quantitative estimate of drug-likeness (QED) is 0.827. The maximum atomic E-state index is 12.5. The second kappa shape index (κ2) is 7.44. The molecule has 1 saturated heterocycles. The summed E-state index contributed by atoms with van der Waals surface area (Å²) in [5, 5.41) is 19.4. The van der Waals surface area contributed by atoms with Crippen molar-refractivity contribution in [3.63, 3.8) is 0 Å². The van der Waals surface area contributed by atoms with Gasteiger partial charge in [-0.15, -0.1) is 11.3 Å². The van der Waals surface area contributed by atoms with E-state index in [1.165, 1.54) is 11.3 Å². The van der Waals surface area contributed by atoms with Crippen LogP contribution in [0.5, 0.6) is 0 Å². The van der Waals surface area contributed by atoms with Crippen molar-refractivity contribution in [2.75, 3.05) is 19.8 Å². The van der Waals surface area contributed by atoms with Crippen LogP contribution in [0.15, 0.2) is 11.4 Å². The van der Waals surface area contributed by atoms with E-state index >= 15 is 0 Å². The van der Waals surface area contributed by atoms with Crippen molar-refractivity contribution in [2.24, 2.45) is 0 Å². The molecule has 0 aliphatic carbocycles. The van der Waals surface area contributed by atoms with Crippen LogP contribution in [0.1, 0.15) is 40.9 Å². The van der Waals surface area contributed by atoms with E-state index in [1.54, 1.807) is 6.07 Å². The van der Waals surface area contributed by atoms with Crippen LogP contribution < -0.4 is 0 Å². The summed E-state index contributed by atoms with van der Waals surface area (Å²) in [5.41, 5.74) is 0.674. The van der Waals surface area contributed by atoms with Gasteiger partial charge in [0.25, 0.3) is 5.91 Å². The Bertz CT molecular complexity index is 515. The number of likely N-dealkylation sites (tertiary alicyclic amines) is 1.